The predicted octanol–water partition coefficient (Wildman–Crippen LogP) is 3.40. The lowest BCUT2D eigenvalue weighted by molar-refractivity contribution is 0.0518. The van der Waals surface area contributed by atoms with Crippen LogP contribution in [0.25, 0.3) is 0 Å². The first-order chi connectivity index (χ1) is 17.4. The number of hydrogen-bond donors (Lipinski definition) is 4. The number of hydrogen-bond acceptors (Lipinski definition) is 10. The summed E-state index contributed by atoms with van der Waals surface area (Å²) in [6.07, 6.45) is 0. The molecule has 0 saturated carbocycles. The second-order valence-corrected chi connectivity index (χ2v) is 7.42. The Balaban J connectivity index is 1.85. The van der Waals surface area contributed by atoms with E-state index in [4.69, 9.17) is 20.9 Å². The molecule has 0 amide bonds. The van der Waals surface area contributed by atoms with Gasteiger partial charge in [0.05, 0.1) is 13.2 Å². The van der Waals surface area contributed by atoms with E-state index in [9.17, 15) is 9.59 Å². The molecular weight excluding hydrogens is 464 g/mol. The minimum absolute atomic E-state index is 0.00847. The quantitative estimate of drug-likeness (QED) is 0.256. The molecule has 4 aromatic rings. The topological polar surface area (TPSA) is 164 Å². The number of carbonyl (C=O) groups is 2. The van der Waals surface area contributed by atoms with Gasteiger partial charge in [-0.25, -0.2) is 9.59 Å². The molecule has 12 heteroatoms. The molecule has 0 radical (unpaired) electrons. The molecule has 0 unspecified atom stereocenters. The minimum Gasteiger partial charge on any atom is -0.462 e. The van der Waals surface area contributed by atoms with Gasteiger partial charge in [0.15, 0.2) is 23.3 Å². The molecule has 0 spiro atoms. The summed E-state index contributed by atoms with van der Waals surface area (Å²) in [5.74, 6) is -1.30. The number of nitrogens with zero attached hydrogens (tertiary/aromatic N) is 4. The molecule has 0 fully saturated rings. The van der Waals surface area contributed by atoms with E-state index < -0.39 is 11.9 Å². The standard InChI is InChI=1S/C24H26N8O4/c1-3-35-23(33)17-19(25)31(29-21(17)27-15-11-7-5-8-12-15)32-20(26)18(24(34)36-4-2)22(30-32)28-16-13-9-6-10-14-16/h5-14H,3-4,25-26H2,1-2H3,(H,27,29)(H,28,30). The van der Waals surface area contributed by atoms with E-state index in [1.165, 1.54) is 0 Å². The summed E-state index contributed by atoms with van der Waals surface area (Å²) in [6, 6.07) is 18.2. The number of esters is 2. The average molecular weight is 491 g/mol. The van der Waals surface area contributed by atoms with Crippen molar-refractivity contribution in [2.75, 3.05) is 35.3 Å². The monoisotopic (exact) mass is 490 g/mol. The van der Waals surface area contributed by atoms with E-state index in [-0.39, 0.29) is 47.6 Å². The van der Waals surface area contributed by atoms with E-state index >= 15 is 0 Å². The molecule has 2 aromatic carbocycles. The van der Waals surface area contributed by atoms with Crippen LogP contribution in [-0.4, -0.2) is 44.9 Å². The van der Waals surface area contributed by atoms with Crippen LogP contribution < -0.4 is 22.1 Å². The lowest BCUT2D eigenvalue weighted by atomic mass is 10.2. The molecular formula is C24H26N8O4. The number of ether oxygens (including phenoxy) is 2. The van der Waals surface area contributed by atoms with Crippen LogP contribution in [0, 0.1) is 0 Å². The second-order valence-electron chi connectivity index (χ2n) is 7.42. The molecule has 36 heavy (non-hydrogen) atoms. The second kappa shape index (κ2) is 10.5. The summed E-state index contributed by atoms with van der Waals surface area (Å²) in [5, 5.41) is 15.0. The highest BCUT2D eigenvalue weighted by molar-refractivity contribution is 6.01. The molecule has 0 saturated heterocycles. The number of carbonyl (C=O) groups excluding carboxylic acids is 2. The maximum absolute atomic E-state index is 12.8. The van der Waals surface area contributed by atoms with Crippen LogP contribution in [0.4, 0.5) is 34.6 Å². The van der Waals surface area contributed by atoms with Gasteiger partial charge in [-0.05, 0) is 38.1 Å². The zero-order valence-electron chi connectivity index (χ0n) is 19.8. The molecule has 0 atom stereocenters. The Hall–Kier alpha value is -5.00. The summed E-state index contributed by atoms with van der Waals surface area (Å²) in [4.78, 5) is 27.8. The first-order valence-corrected chi connectivity index (χ1v) is 11.2. The van der Waals surface area contributed by atoms with Gasteiger partial charge in [0.2, 0.25) is 0 Å². The molecule has 4 rings (SSSR count). The summed E-state index contributed by atoms with van der Waals surface area (Å²) >= 11 is 0. The highest BCUT2D eigenvalue weighted by Gasteiger charge is 2.29. The summed E-state index contributed by atoms with van der Waals surface area (Å²) in [6.45, 7) is 3.63. The average Bonchev–Trinajstić information content (AvgIpc) is 3.36. The Morgan fingerprint density at radius 3 is 1.42 bits per heavy atom. The molecule has 2 aromatic heterocycles. The lowest BCUT2D eigenvalue weighted by Crippen LogP contribution is -2.19. The number of anilines is 6. The smallest absolute Gasteiger partial charge is 0.345 e. The zero-order valence-corrected chi connectivity index (χ0v) is 19.8. The first kappa shape index (κ1) is 24.1. The third kappa shape index (κ3) is 4.78. The SMILES string of the molecule is CCOC(=O)c1c(Nc2ccccc2)nn(-n2nc(Nc3ccccc3)c(C(=O)OCC)c2N)c1N. The molecule has 0 aliphatic carbocycles. The van der Waals surface area contributed by atoms with Gasteiger partial charge in [-0.2, -0.15) is 0 Å². The minimum atomic E-state index is -0.682. The van der Waals surface area contributed by atoms with Crippen LogP contribution in [0.5, 0.6) is 0 Å². The van der Waals surface area contributed by atoms with Crippen molar-refractivity contribution in [3.63, 3.8) is 0 Å². The van der Waals surface area contributed by atoms with Crippen molar-refractivity contribution in [2.45, 2.75) is 13.8 Å². The van der Waals surface area contributed by atoms with Crippen molar-refractivity contribution in [3.05, 3.63) is 71.8 Å². The molecule has 0 aliphatic rings. The van der Waals surface area contributed by atoms with Crippen LogP contribution in [0.1, 0.15) is 34.6 Å². The lowest BCUT2D eigenvalue weighted by Gasteiger charge is -2.06. The Bertz CT molecular complexity index is 1260. The molecule has 12 nitrogen and oxygen atoms in total. The van der Waals surface area contributed by atoms with Gasteiger partial charge in [-0.3, -0.25) is 0 Å². The van der Waals surface area contributed by atoms with Crippen LogP contribution in [0.15, 0.2) is 60.7 Å². The maximum atomic E-state index is 12.8. The van der Waals surface area contributed by atoms with Gasteiger partial charge >= 0.3 is 11.9 Å². The maximum Gasteiger partial charge on any atom is 0.345 e. The fraction of sp³-hybridized carbons (Fsp3) is 0.167. The fourth-order valence-electron chi connectivity index (χ4n) is 3.43. The zero-order chi connectivity index (χ0) is 25.7. The van der Waals surface area contributed by atoms with Crippen molar-refractivity contribution in [3.8, 4) is 0 Å². The Morgan fingerprint density at radius 1 is 0.722 bits per heavy atom. The molecule has 0 bridgehead atoms. The summed E-state index contributed by atoms with van der Waals surface area (Å²) in [5.41, 5.74) is 14.0. The third-order valence-corrected chi connectivity index (χ3v) is 5.02. The summed E-state index contributed by atoms with van der Waals surface area (Å²) < 4.78 is 10.4. The van der Waals surface area contributed by atoms with Crippen LogP contribution in [0.3, 0.4) is 0 Å². The van der Waals surface area contributed by atoms with Crippen molar-refractivity contribution in [2.24, 2.45) is 0 Å². The van der Waals surface area contributed by atoms with Crippen molar-refractivity contribution in [1.29, 1.82) is 0 Å². The van der Waals surface area contributed by atoms with Gasteiger partial charge in [-0.15, -0.1) is 19.8 Å². The van der Waals surface area contributed by atoms with Gasteiger partial charge < -0.3 is 31.6 Å². The Kier molecular flexibility index (Phi) is 7.04. The Morgan fingerprint density at radius 2 is 1.08 bits per heavy atom. The fourth-order valence-corrected chi connectivity index (χ4v) is 3.43. The number of nitrogen functional groups attached to an aromatic ring is 2. The van der Waals surface area contributed by atoms with Crippen LogP contribution in [0.2, 0.25) is 0 Å². The number of nitrogens with two attached hydrogens (primary N) is 2. The largest absolute Gasteiger partial charge is 0.462 e. The van der Waals surface area contributed by atoms with Gasteiger partial charge in [0, 0.05) is 11.4 Å². The number of aromatic nitrogens is 4. The third-order valence-electron chi connectivity index (χ3n) is 5.02. The van der Waals surface area contributed by atoms with Crippen LogP contribution >= 0.6 is 0 Å². The normalized spacial score (nSPS) is 10.6. The molecule has 0 aliphatic heterocycles. The highest BCUT2D eigenvalue weighted by Crippen LogP contribution is 2.30. The number of nitrogens with one attached hydrogen (secondary N) is 2. The molecule has 186 valence electrons. The van der Waals surface area contributed by atoms with Gasteiger partial charge in [-0.1, -0.05) is 36.4 Å². The number of rotatable bonds is 9. The first-order valence-electron chi connectivity index (χ1n) is 11.2. The van der Waals surface area contributed by atoms with E-state index in [1.807, 2.05) is 36.4 Å². The van der Waals surface area contributed by atoms with Gasteiger partial charge in [0.1, 0.15) is 11.1 Å². The van der Waals surface area contributed by atoms with E-state index in [0.717, 1.165) is 9.58 Å². The van der Waals surface area contributed by atoms with Crippen molar-refractivity contribution in [1.82, 2.24) is 19.8 Å². The van der Waals surface area contributed by atoms with Gasteiger partial charge in [0.25, 0.3) is 0 Å². The Labute approximate surface area is 206 Å². The number of benzene rings is 2. The van der Waals surface area contributed by atoms with Crippen molar-refractivity contribution < 1.29 is 19.1 Å². The van der Waals surface area contributed by atoms with Crippen LogP contribution in [-0.2, 0) is 9.47 Å². The number of para-hydroxylation sites is 2. The van der Waals surface area contributed by atoms with E-state index in [0.29, 0.717) is 11.4 Å². The van der Waals surface area contributed by atoms with Crippen molar-refractivity contribution >= 4 is 46.6 Å². The molecule has 6 N–H and O–H groups in total. The predicted molar refractivity (Wildman–Crippen MR) is 135 cm³/mol. The van der Waals surface area contributed by atoms with E-state index in [1.54, 1.807) is 38.1 Å². The molecule has 2 heterocycles. The highest BCUT2D eigenvalue weighted by atomic mass is 16.5. The van der Waals surface area contributed by atoms with E-state index in [2.05, 4.69) is 20.8 Å². The summed E-state index contributed by atoms with van der Waals surface area (Å²) in [7, 11) is 0.